The predicted octanol–water partition coefficient (Wildman–Crippen LogP) is 12.1. The Morgan fingerprint density at radius 3 is 1.59 bits per heavy atom. The first kappa shape index (κ1) is 31.4. The van der Waals surface area contributed by atoms with E-state index < -0.39 is 5.54 Å². The van der Waals surface area contributed by atoms with E-state index in [0.29, 0.717) is 17.5 Å². The van der Waals surface area contributed by atoms with E-state index in [0.717, 1.165) is 66.6 Å². The molecule has 9 aromatic rings. The number of aromatic nitrogens is 4. The van der Waals surface area contributed by atoms with E-state index in [4.69, 9.17) is 21.5 Å². The minimum atomic E-state index is -0.877. The molecule has 0 bridgehead atoms. The number of fused-ring (bicyclic) bond motifs is 8. The van der Waals surface area contributed by atoms with Gasteiger partial charge in [-0.05, 0) is 74.1 Å². The van der Waals surface area contributed by atoms with E-state index in [1.54, 1.807) is 6.20 Å². The Morgan fingerprint density at radius 2 is 0.981 bits per heavy atom. The van der Waals surface area contributed by atoms with Crippen LogP contribution in [0.5, 0.6) is 0 Å². The van der Waals surface area contributed by atoms with Gasteiger partial charge in [-0.15, -0.1) is 0 Å². The van der Waals surface area contributed by atoms with Crippen molar-refractivity contribution in [3.05, 3.63) is 193 Å². The Kier molecular flexibility index (Phi) is 7.24. The summed E-state index contributed by atoms with van der Waals surface area (Å²) in [6.45, 7) is 10.8. The van der Waals surface area contributed by atoms with Gasteiger partial charge in [0.1, 0.15) is 0 Å². The largest absolute Gasteiger partial charge is 0.300 e. The summed E-state index contributed by atoms with van der Waals surface area (Å²) in [4.78, 5) is 23.9. The average Bonchev–Trinajstić information content (AvgIpc) is 3.52. The lowest BCUT2D eigenvalue weighted by atomic mass is 9.84. The van der Waals surface area contributed by atoms with Crippen LogP contribution in [-0.2, 0) is 5.54 Å². The minimum absolute atomic E-state index is 0.576. The fourth-order valence-electron chi connectivity index (χ4n) is 8.08. The molecule has 0 fully saturated rings. The van der Waals surface area contributed by atoms with Crippen molar-refractivity contribution in [2.75, 3.05) is 0 Å². The van der Waals surface area contributed by atoms with E-state index in [9.17, 15) is 0 Å². The second-order valence-electron chi connectivity index (χ2n) is 13.9. The van der Waals surface area contributed by atoms with Crippen molar-refractivity contribution in [1.82, 2.24) is 19.9 Å². The highest BCUT2D eigenvalue weighted by Gasteiger charge is 2.47. The third-order valence-electron chi connectivity index (χ3n) is 10.7. The number of nitrogens with zero attached hydrogens (tertiary/aromatic N) is 5. The van der Waals surface area contributed by atoms with Crippen LogP contribution in [0.4, 0.5) is 0 Å². The van der Waals surface area contributed by atoms with E-state index in [2.05, 4.69) is 108 Å². The third kappa shape index (κ3) is 5.00. The normalized spacial score (nSPS) is 14.4. The molecule has 0 N–H and O–H groups in total. The lowest BCUT2D eigenvalue weighted by Gasteiger charge is -2.18. The van der Waals surface area contributed by atoms with Gasteiger partial charge in [0.2, 0.25) is 0 Å². The first-order valence-corrected chi connectivity index (χ1v) is 18.0. The molecule has 0 saturated heterocycles. The monoisotopic (exact) mass is 689 g/mol. The molecule has 7 aromatic carbocycles. The molecule has 0 saturated carbocycles. The Balaban J connectivity index is 1.20. The van der Waals surface area contributed by atoms with Crippen molar-refractivity contribution in [3.8, 4) is 67.5 Å². The summed E-state index contributed by atoms with van der Waals surface area (Å²) in [6.07, 6.45) is 3.67. The fourth-order valence-corrected chi connectivity index (χ4v) is 8.08. The summed E-state index contributed by atoms with van der Waals surface area (Å²) in [5.74, 6) is 1.79. The van der Waals surface area contributed by atoms with Crippen LogP contribution in [-0.4, -0.2) is 19.9 Å². The van der Waals surface area contributed by atoms with Gasteiger partial charge in [0.05, 0.1) is 5.56 Å². The van der Waals surface area contributed by atoms with Crippen LogP contribution in [0.1, 0.15) is 18.1 Å². The highest BCUT2D eigenvalue weighted by atomic mass is 15.0. The molecule has 2 heterocycles. The van der Waals surface area contributed by atoms with Crippen molar-refractivity contribution in [2.45, 2.75) is 12.5 Å². The Bertz CT molecular complexity index is 2890. The molecule has 54 heavy (non-hydrogen) atoms. The zero-order valence-corrected chi connectivity index (χ0v) is 29.4. The molecular formula is C49H31N5. The maximum absolute atomic E-state index is 8.69. The summed E-state index contributed by atoms with van der Waals surface area (Å²) >= 11 is 0. The lowest BCUT2D eigenvalue weighted by molar-refractivity contribution is 0.748. The highest BCUT2D eigenvalue weighted by Crippen LogP contribution is 2.56. The summed E-state index contributed by atoms with van der Waals surface area (Å²) < 4.78 is 0. The van der Waals surface area contributed by atoms with E-state index in [1.807, 2.05) is 72.9 Å². The maximum atomic E-state index is 8.69. The van der Waals surface area contributed by atoms with Crippen LogP contribution in [0.3, 0.4) is 0 Å². The van der Waals surface area contributed by atoms with Crippen molar-refractivity contribution in [3.63, 3.8) is 0 Å². The van der Waals surface area contributed by atoms with Crippen molar-refractivity contribution >= 4 is 21.5 Å². The quantitative estimate of drug-likeness (QED) is 0.133. The SMILES string of the molecule is [C-]#[N+]C1(C)c2cc(-c3cc(-c4cccnc4)cc(-c4nc(-c5ccccc5)nc(-c5ccccc5)n4)c3)ccc2-c2c1c1ccccc1c1ccccc21. The van der Waals surface area contributed by atoms with Crippen molar-refractivity contribution in [1.29, 1.82) is 0 Å². The van der Waals surface area contributed by atoms with Gasteiger partial charge in [0.25, 0.3) is 5.54 Å². The number of rotatable bonds is 5. The molecule has 2 aromatic heterocycles. The van der Waals surface area contributed by atoms with Crippen LogP contribution >= 0.6 is 0 Å². The van der Waals surface area contributed by atoms with Crippen LogP contribution in [0.25, 0.3) is 93.9 Å². The van der Waals surface area contributed by atoms with E-state index in [1.165, 1.54) is 16.2 Å². The van der Waals surface area contributed by atoms with Gasteiger partial charge in [-0.2, -0.15) is 0 Å². The number of hydrogen-bond donors (Lipinski definition) is 0. The lowest BCUT2D eigenvalue weighted by Crippen LogP contribution is -2.15. The van der Waals surface area contributed by atoms with E-state index >= 15 is 0 Å². The molecule has 252 valence electrons. The summed E-state index contributed by atoms with van der Waals surface area (Å²) in [5.41, 5.74) is 10.1. The van der Waals surface area contributed by atoms with Gasteiger partial charge < -0.3 is 4.85 Å². The Labute approximate surface area is 313 Å². The third-order valence-corrected chi connectivity index (χ3v) is 10.7. The molecule has 5 heteroatoms. The minimum Gasteiger partial charge on any atom is -0.300 e. The molecule has 10 rings (SSSR count). The van der Waals surface area contributed by atoms with Crippen LogP contribution in [0.2, 0.25) is 0 Å². The Hall–Kier alpha value is -7.29. The average molecular weight is 690 g/mol. The standard InChI is InChI=1S/C49H31N5/c1-49(50-2)43-29-33(23-24-42(43)44-40-21-11-9-19-38(40)39-20-10-12-22-41(39)45(44)49)35-26-36(34-18-13-25-51-30-34)28-37(27-35)48-53-46(31-14-5-3-6-15-31)52-47(54-48)32-16-7-4-8-17-32/h3-30H,1H3. The van der Waals surface area contributed by atoms with Gasteiger partial charge in [0, 0.05) is 52.7 Å². The van der Waals surface area contributed by atoms with Gasteiger partial charge in [-0.3, -0.25) is 4.98 Å². The Morgan fingerprint density at radius 1 is 0.463 bits per heavy atom. The molecule has 1 atom stereocenters. The van der Waals surface area contributed by atoms with Crippen LogP contribution in [0, 0.1) is 6.57 Å². The first-order valence-electron chi connectivity index (χ1n) is 18.0. The fraction of sp³-hybridized carbons (Fsp3) is 0.0408. The molecular weight excluding hydrogens is 659 g/mol. The molecule has 5 nitrogen and oxygen atoms in total. The molecule has 0 spiro atoms. The zero-order valence-electron chi connectivity index (χ0n) is 29.4. The number of hydrogen-bond acceptors (Lipinski definition) is 4. The topological polar surface area (TPSA) is 55.9 Å². The van der Waals surface area contributed by atoms with Crippen LogP contribution < -0.4 is 0 Å². The molecule has 0 aliphatic heterocycles. The van der Waals surface area contributed by atoms with Crippen LogP contribution in [0.15, 0.2) is 170 Å². The van der Waals surface area contributed by atoms with E-state index in [-0.39, 0.29) is 0 Å². The molecule has 0 radical (unpaired) electrons. The zero-order chi connectivity index (χ0) is 36.2. The second-order valence-corrected chi connectivity index (χ2v) is 13.9. The summed E-state index contributed by atoms with van der Waals surface area (Å²) in [6, 6.07) is 54.3. The molecule has 1 aliphatic carbocycles. The number of pyridine rings is 1. The second kappa shape index (κ2) is 12.4. The highest BCUT2D eigenvalue weighted by molar-refractivity contribution is 6.18. The first-order chi connectivity index (χ1) is 26.6. The summed E-state index contributed by atoms with van der Waals surface area (Å²) in [7, 11) is 0. The predicted molar refractivity (Wildman–Crippen MR) is 218 cm³/mol. The smallest absolute Gasteiger partial charge is 0.281 e. The molecule has 0 amide bonds. The van der Waals surface area contributed by atoms with Gasteiger partial charge in [0.15, 0.2) is 17.5 Å². The number of benzene rings is 7. The molecule has 1 aliphatic rings. The van der Waals surface area contributed by atoms with Crippen molar-refractivity contribution < 1.29 is 0 Å². The summed E-state index contributed by atoms with van der Waals surface area (Å²) in [5, 5.41) is 4.67. The maximum Gasteiger partial charge on any atom is 0.281 e. The van der Waals surface area contributed by atoms with Gasteiger partial charge in [-0.1, -0.05) is 127 Å². The van der Waals surface area contributed by atoms with Crippen molar-refractivity contribution in [2.24, 2.45) is 0 Å². The van der Waals surface area contributed by atoms with Gasteiger partial charge in [-0.25, -0.2) is 21.5 Å². The van der Waals surface area contributed by atoms with Gasteiger partial charge >= 0.3 is 0 Å². The molecule has 1 unspecified atom stereocenters.